The molecular weight excluding hydrogens is 226 g/mol. The summed E-state index contributed by atoms with van der Waals surface area (Å²) in [6.07, 6.45) is 0.936. The molecule has 0 amide bonds. The molecule has 0 spiro atoms. The Morgan fingerprint density at radius 2 is 2.35 bits per heavy atom. The Bertz CT molecular complexity index is 576. The minimum atomic E-state index is -0.722. The Hall–Kier alpha value is -1.93. The lowest BCUT2D eigenvalue weighted by Gasteiger charge is -2.09. The second-order valence-electron chi connectivity index (χ2n) is 3.69. The molecule has 5 N–H and O–H groups in total. The summed E-state index contributed by atoms with van der Waals surface area (Å²) in [6, 6.07) is 0. The van der Waals surface area contributed by atoms with E-state index in [0.29, 0.717) is 5.65 Å². The summed E-state index contributed by atoms with van der Waals surface area (Å²) >= 11 is 0. The normalized spacial score (nSPS) is 13.1. The topological polar surface area (TPSA) is 130 Å². The molecule has 2 aromatic heterocycles. The number of hydrogen-bond donors (Lipinski definition) is 4. The number of nitrogens with two attached hydrogens (primary N) is 1. The molecule has 0 aromatic carbocycles. The smallest absolute Gasteiger partial charge is 0.280 e. The number of anilines is 1. The molecule has 1 atom stereocenters. The van der Waals surface area contributed by atoms with Gasteiger partial charge in [-0.15, -0.1) is 0 Å². The highest BCUT2D eigenvalue weighted by molar-refractivity contribution is 5.70. The molecule has 0 aliphatic rings. The second-order valence-corrected chi connectivity index (χ2v) is 3.69. The molecule has 0 saturated carbocycles. The minimum absolute atomic E-state index is 0.000831. The number of aromatic nitrogens is 4. The van der Waals surface area contributed by atoms with Crippen molar-refractivity contribution < 1.29 is 10.2 Å². The summed E-state index contributed by atoms with van der Waals surface area (Å²) in [5.41, 5.74) is 5.52. The highest BCUT2D eigenvalue weighted by Crippen LogP contribution is 2.08. The van der Waals surface area contributed by atoms with Gasteiger partial charge in [-0.25, -0.2) is 4.98 Å². The highest BCUT2D eigenvalue weighted by atomic mass is 16.3. The van der Waals surface area contributed by atoms with Crippen molar-refractivity contribution in [2.75, 3.05) is 12.3 Å². The van der Waals surface area contributed by atoms with Crippen LogP contribution in [0.5, 0.6) is 0 Å². The Balaban J connectivity index is 2.39. The van der Waals surface area contributed by atoms with E-state index in [1.807, 2.05) is 0 Å². The quantitative estimate of drug-likeness (QED) is 0.510. The summed E-state index contributed by atoms with van der Waals surface area (Å²) in [7, 11) is 0. The molecule has 0 aliphatic carbocycles. The van der Waals surface area contributed by atoms with E-state index in [9.17, 15) is 9.90 Å². The van der Waals surface area contributed by atoms with Crippen LogP contribution in [0.2, 0.25) is 0 Å². The first-order chi connectivity index (χ1) is 8.11. The van der Waals surface area contributed by atoms with Crippen molar-refractivity contribution in [1.29, 1.82) is 0 Å². The van der Waals surface area contributed by atoms with E-state index in [0.717, 1.165) is 0 Å². The minimum Gasteiger partial charge on any atom is -0.396 e. The number of nitrogens with zero attached hydrogens (tertiary/aromatic N) is 3. The van der Waals surface area contributed by atoms with Crippen molar-refractivity contribution in [3.8, 4) is 0 Å². The van der Waals surface area contributed by atoms with Gasteiger partial charge < -0.3 is 20.5 Å². The molecule has 0 unspecified atom stereocenters. The molecule has 8 nitrogen and oxygen atoms in total. The Labute approximate surface area is 95.7 Å². The van der Waals surface area contributed by atoms with Crippen LogP contribution in [-0.4, -0.2) is 42.4 Å². The molecule has 0 fully saturated rings. The number of rotatable bonds is 4. The lowest BCUT2D eigenvalue weighted by molar-refractivity contribution is 0.118. The third-order valence-corrected chi connectivity index (χ3v) is 2.36. The van der Waals surface area contributed by atoms with Gasteiger partial charge in [0.1, 0.15) is 0 Å². The SMILES string of the molecule is Nc1nc2c(ncn2C[C@H](O)CCO)c(=O)[nH]1. The summed E-state index contributed by atoms with van der Waals surface area (Å²) in [5.74, 6) is 0.000831. The predicted octanol–water partition coefficient (Wildman–Crippen LogP) is -1.55. The van der Waals surface area contributed by atoms with Gasteiger partial charge in [-0.1, -0.05) is 0 Å². The number of hydrogen-bond acceptors (Lipinski definition) is 6. The van der Waals surface area contributed by atoms with Gasteiger partial charge in [0.25, 0.3) is 5.56 Å². The average molecular weight is 239 g/mol. The maximum atomic E-state index is 11.5. The lowest BCUT2D eigenvalue weighted by Crippen LogP contribution is -2.18. The number of imidazole rings is 1. The zero-order valence-corrected chi connectivity index (χ0v) is 9.00. The van der Waals surface area contributed by atoms with E-state index in [-0.39, 0.29) is 31.0 Å². The van der Waals surface area contributed by atoms with Crippen LogP contribution >= 0.6 is 0 Å². The van der Waals surface area contributed by atoms with Gasteiger partial charge in [0.2, 0.25) is 5.95 Å². The largest absolute Gasteiger partial charge is 0.396 e. The van der Waals surface area contributed by atoms with Gasteiger partial charge in [-0.2, -0.15) is 4.98 Å². The zero-order valence-electron chi connectivity index (χ0n) is 9.00. The molecule has 0 radical (unpaired) electrons. The van der Waals surface area contributed by atoms with Crippen LogP contribution in [0.15, 0.2) is 11.1 Å². The van der Waals surface area contributed by atoms with Crippen molar-refractivity contribution in [1.82, 2.24) is 19.5 Å². The van der Waals surface area contributed by atoms with Gasteiger partial charge in [-0.05, 0) is 6.42 Å². The number of aliphatic hydroxyl groups excluding tert-OH is 2. The third kappa shape index (κ3) is 2.27. The van der Waals surface area contributed by atoms with E-state index in [1.165, 1.54) is 10.9 Å². The van der Waals surface area contributed by atoms with E-state index >= 15 is 0 Å². The van der Waals surface area contributed by atoms with Crippen LogP contribution in [0.1, 0.15) is 6.42 Å². The molecular formula is C9H13N5O3. The maximum Gasteiger partial charge on any atom is 0.280 e. The summed E-state index contributed by atoms with van der Waals surface area (Å²) in [6.45, 7) is 0.0941. The standard InChI is InChI=1S/C9H13N5O3/c10-9-12-7-6(8(17)13-9)11-4-14(7)3-5(16)1-2-15/h4-5,15-16H,1-3H2,(H3,10,12,13,17)/t5-/m1/s1. The van der Waals surface area contributed by atoms with E-state index in [2.05, 4.69) is 15.0 Å². The van der Waals surface area contributed by atoms with Crippen LogP contribution in [0, 0.1) is 0 Å². The van der Waals surface area contributed by atoms with Crippen LogP contribution in [0.4, 0.5) is 5.95 Å². The molecule has 2 heterocycles. The molecule has 92 valence electrons. The Morgan fingerprint density at radius 3 is 3.06 bits per heavy atom. The van der Waals surface area contributed by atoms with Crippen LogP contribution < -0.4 is 11.3 Å². The first-order valence-corrected chi connectivity index (χ1v) is 5.11. The molecule has 8 heteroatoms. The van der Waals surface area contributed by atoms with Crippen molar-refractivity contribution in [3.05, 3.63) is 16.7 Å². The van der Waals surface area contributed by atoms with Gasteiger partial charge >= 0.3 is 0 Å². The predicted molar refractivity (Wildman–Crippen MR) is 60.3 cm³/mol. The molecule has 0 bridgehead atoms. The first-order valence-electron chi connectivity index (χ1n) is 5.11. The number of aromatic amines is 1. The van der Waals surface area contributed by atoms with Gasteiger partial charge in [0, 0.05) is 6.61 Å². The second kappa shape index (κ2) is 4.52. The van der Waals surface area contributed by atoms with Crippen molar-refractivity contribution in [3.63, 3.8) is 0 Å². The maximum absolute atomic E-state index is 11.5. The van der Waals surface area contributed by atoms with Crippen LogP contribution in [0.25, 0.3) is 11.2 Å². The summed E-state index contributed by atoms with van der Waals surface area (Å²) in [4.78, 5) is 21.7. The number of H-pyrrole nitrogens is 1. The number of nitrogen functional groups attached to an aromatic ring is 1. The fraction of sp³-hybridized carbons (Fsp3) is 0.444. The van der Waals surface area contributed by atoms with Gasteiger partial charge in [-0.3, -0.25) is 9.78 Å². The van der Waals surface area contributed by atoms with E-state index in [1.54, 1.807) is 0 Å². The zero-order chi connectivity index (χ0) is 12.4. The van der Waals surface area contributed by atoms with Crippen molar-refractivity contribution in [2.45, 2.75) is 19.1 Å². The fourth-order valence-electron chi connectivity index (χ4n) is 1.57. The molecule has 0 aliphatic heterocycles. The molecule has 17 heavy (non-hydrogen) atoms. The number of nitrogens with one attached hydrogen (secondary N) is 1. The lowest BCUT2D eigenvalue weighted by atomic mass is 10.2. The van der Waals surface area contributed by atoms with Crippen LogP contribution in [0.3, 0.4) is 0 Å². The Kier molecular flexibility index (Phi) is 3.07. The molecule has 2 aromatic rings. The number of aliphatic hydroxyl groups is 2. The van der Waals surface area contributed by atoms with Gasteiger partial charge in [0.05, 0.1) is 19.0 Å². The van der Waals surface area contributed by atoms with Crippen LogP contribution in [-0.2, 0) is 6.54 Å². The number of fused-ring (bicyclic) bond motifs is 1. The van der Waals surface area contributed by atoms with Gasteiger partial charge in [0.15, 0.2) is 11.2 Å². The molecule has 0 saturated heterocycles. The van der Waals surface area contributed by atoms with Crippen molar-refractivity contribution in [2.24, 2.45) is 0 Å². The summed E-state index contributed by atoms with van der Waals surface area (Å²) in [5, 5.41) is 18.3. The monoisotopic (exact) mass is 239 g/mol. The first kappa shape index (κ1) is 11.6. The summed E-state index contributed by atoms with van der Waals surface area (Å²) < 4.78 is 1.53. The van der Waals surface area contributed by atoms with E-state index < -0.39 is 11.7 Å². The third-order valence-electron chi connectivity index (χ3n) is 2.36. The van der Waals surface area contributed by atoms with E-state index in [4.69, 9.17) is 10.8 Å². The highest BCUT2D eigenvalue weighted by Gasteiger charge is 2.12. The fourth-order valence-corrected chi connectivity index (χ4v) is 1.57. The van der Waals surface area contributed by atoms with Crippen molar-refractivity contribution >= 4 is 17.1 Å². The molecule has 2 rings (SSSR count). The average Bonchev–Trinajstić information content (AvgIpc) is 2.62. The Morgan fingerprint density at radius 1 is 1.59 bits per heavy atom.